The van der Waals surface area contributed by atoms with Gasteiger partial charge >= 0.3 is 0 Å². The molecule has 0 aliphatic heterocycles. The van der Waals surface area contributed by atoms with Crippen molar-refractivity contribution in [3.63, 3.8) is 0 Å². The van der Waals surface area contributed by atoms with Gasteiger partial charge in [0.2, 0.25) is 0 Å². The molecule has 0 saturated carbocycles. The van der Waals surface area contributed by atoms with Gasteiger partial charge in [-0.25, -0.2) is 4.98 Å². The van der Waals surface area contributed by atoms with E-state index in [1.165, 1.54) is 11.3 Å². The first-order chi connectivity index (χ1) is 13.2. The van der Waals surface area contributed by atoms with E-state index in [0.29, 0.717) is 5.13 Å². The summed E-state index contributed by atoms with van der Waals surface area (Å²) in [6, 6.07) is 25.6. The Morgan fingerprint density at radius 2 is 1.63 bits per heavy atom. The SMILES string of the molecule is Cc1ccccc1N(C(=O)C=Cc1ccccc1)c1nc2ccccc2s1. The summed E-state index contributed by atoms with van der Waals surface area (Å²) in [5.41, 5.74) is 3.76. The van der Waals surface area contributed by atoms with Crippen molar-refractivity contribution in [2.24, 2.45) is 0 Å². The Labute approximate surface area is 162 Å². The summed E-state index contributed by atoms with van der Waals surface area (Å²) in [6.45, 7) is 2.00. The zero-order valence-corrected chi connectivity index (χ0v) is 15.7. The van der Waals surface area contributed by atoms with E-state index < -0.39 is 0 Å². The van der Waals surface area contributed by atoms with Crippen LogP contribution in [0.3, 0.4) is 0 Å². The van der Waals surface area contributed by atoms with Crippen molar-refractivity contribution >= 4 is 44.4 Å². The molecule has 132 valence electrons. The van der Waals surface area contributed by atoms with Gasteiger partial charge in [0.15, 0.2) is 5.13 Å². The minimum absolute atomic E-state index is 0.118. The lowest BCUT2D eigenvalue weighted by atomic mass is 10.1. The molecule has 0 fully saturated rings. The summed E-state index contributed by atoms with van der Waals surface area (Å²) in [5, 5.41) is 0.674. The lowest BCUT2D eigenvalue weighted by Gasteiger charge is -2.20. The first-order valence-electron chi connectivity index (χ1n) is 8.71. The van der Waals surface area contributed by atoms with Crippen molar-refractivity contribution in [2.45, 2.75) is 6.92 Å². The van der Waals surface area contributed by atoms with Gasteiger partial charge in [-0.1, -0.05) is 72.0 Å². The molecule has 0 N–H and O–H groups in total. The molecule has 0 bridgehead atoms. The molecular formula is C23H18N2OS. The molecule has 1 aromatic heterocycles. The fraction of sp³-hybridized carbons (Fsp3) is 0.0435. The second kappa shape index (κ2) is 7.56. The molecule has 1 amide bonds. The Balaban J connectivity index is 1.77. The fourth-order valence-corrected chi connectivity index (χ4v) is 3.88. The van der Waals surface area contributed by atoms with Crippen LogP contribution in [0.2, 0.25) is 0 Å². The maximum Gasteiger partial charge on any atom is 0.257 e. The molecule has 4 heteroatoms. The number of rotatable bonds is 4. The van der Waals surface area contributed by atoms with Gasteiger partial charge in [-0.3, -0.25) is 9.69 Å². The Morgan fingerprint density at radius 3 is 2.41 bits per heavy atom. The average molecular weight is 370 g/mol. The third-order valence-corrected chi connectivity index (χ3v) is 5.29. The minimum Gasteiger partial charge on any atom is -0.269 e. The van der Waals surface area contributed by atoms with Crippen LogP contribution >= 0.6 is 11.3 Å². The Morgan fingerprint density at radius 1 is 0.926 bits per heavy atom. The molecule has 0 unspecified atom stereocenters. The first-order valence-corrected chi connectivity index (χ1v) is 9.52. The highest BCUT2D eigenvalue weighted by Gasteiger charge is 2.21. The number of para-hydroxylation sites is 2. The van der Waals surface area contributed by atoms with Gasteiger partial charge in [0, 0.05) is 6.08 Å². The molecule has 0 saturated heterocycles. The first kappa shape index (κ1) is 17.2. The fourth-order valence-electron chi connectivity index (χ4n) is 2.89. The van der Waals surface area contributed by atoms with Crippen LogP contribution in [0.15, 0.2) is 84.9 Å². The topological polar surface area (TPSA) is 33.2 Å². The predicted molar refractivity (Wildman–Crippen MR) is 113 cm³/mol. The molecule has 4 rings (SSSR count). The molecule has 3 aromatic carbocycles. The number of nitrogens with zero attached hydrogens (tertiary/aromatic N) is 2. The van der Waals surface area contributed by atoms with Crippen LogP contribution in [-0.2, 0) is 4.79 Å². The van der Waals surface area contributed by atoms with E-state index >= 15 is 0 Å². The van der Waals surface area contributed by atoms with Gasteiger partial charge in [0.05, 0.1) is 15.9 Å². The van der Waals surface area contributed by atoms with Crippen molar-refractivity contribution in [1.29, 1.82) is 0 Å². The summed E-state index contributed by atoms with van der Waals surface area (Å²) in [4.78, 5) is 19.5. The maximum atomic E-state index is 13.2. The summed E-state index contributed by atoms with van der Waals surface area (Å²) in [6.07, 6.45) is 3.44. The van der Waals surface area contributed by atoms with Crippen molar-refractivity contribution in [2.75, 3.05) is 4.90 Å². The number of anilines is 2. The third kappa shape index (κ3) is 3.66. The second-order valence-electron chi connectivity index (χ2n) is 6.17. The Hall–Kier alpha value is -3.24. The largest absolute Gasteiger partial charge is 0.269 e. The minimum atomic E-state index is -0.118. The number of carbonyl (C=O) groups excluding carboxylic acids is 1. The van der Waals surface area contributed by atoms with E-state index in [0.717, 1.165) is 27.0 Å². The number of fused-ring (bicyclic) bond motifs is 1. The van der Waals surface area contributed by atoms with Crippen molar-refractivity contribution in [3.8, 4) is 0 Å². The van der Waals surface area contributed by atoms with Crippen LogP contribution in [0.25, 0.3) is 16.3 Å². The van der Waals surface area contributed by atoms with E-state index in [2.05, 4.69) is 0 Å². The van der Waals surface area contributed by atoms with Gasteiger partial charge in [-0.05, 0) is 42.3 Å². The Bertz CT molecular complexity index is 1080. The molecular weight excluding hydrogens is 352 g/mol. The molecule has 1 heterocycles. The van der Waals surface area contributed by atoms with E-state index in [-0.39, 0.29) is 5.91 Å². The van der Waals surface area contributed by atoms with E-state index in [9.17, 15) is 4.79 Å². The van der Waals surface area contributed by atoms with E-state index in [1.807, 2.05) is 91.9 Å². The number of hydrogen-bond acceptors (Lipinski definition) is 3. The molecule has 4 aromatic rings. The van der Waals surface area contributed by atoms with Gasteiger partial charge in [0.1, 0.15) is 0 Å². The second-order valence-corrected chi connectivity index (χ2v) is 7.18. The standard InChI is InChI=1S/C23H18N2OS/c1-17-9-5-7-13-20(17)25(22(26)16-15-18-10-3-2-4-11-18)23-24-19-12-6-8-14-21(19)27-23/h2-16H,1H3. The zero-order chi connectivity index (χ0) is 18.6. The predicted octanol–water partition coefficient (Wildman–Crippen LogP) is 5.98. The third-order valence-electron chi connectivity index (χ3n) is 4.27. The number of thiazole rings is 1. The molecule has 0 spiro atoms. The highest BCUT2D eigenvalue weighted by atomic mass is 32.1. The lowest BCUT2D eigenvalue weighted by molar-refractivity contribution is -0.113. The van der Waals surface area contributed by atoms with Gasteiger partial charge in [0.25, 0.3) is 5.91 Å². The normalized spacial score (nSPS) is 11.1. The van der Waals surface area contributed by atoms with Crippen LogP contribution in [0.4, 0.5) is 10.8 Å². The molecule has 0 aliphatic rings. The van der Waals surface area contributed by atoms with E-state index in [4.69, 9.17) is 4.98 Å². The number of benzene rings is 3. The molecule has 3 nitrogen and oxygen atoms in total. The van der Waals surface area contributed by atoms with Crippen LogP contribution in [-0.4, -0.2) is 10.9 Å². The van der Waals surface area contributed by atoms with Crippen LogP contribution in [0.5, 0.6) is 0 Å². The number of carbonyl (C=O) groups is 1. The van der Waals surface area contributed by atoms with Gasteiger partial charge in [-0.2, -0.15) is 0 Å². The smallest absolute Gasteiger partial charge is 0.257 e. The van der Waals surface area contributed by atoms with E-state index in [1.54, 1.807) is 11.0 Å². The van der Waals surface area contributed by atoms with Gasteiger partial charge in [-0.15, -0.1) is 0 Å². The molecule has 0 aliphatic carbocycles. The average Bonchev–Trinajstić information content (AvgIpc) is 3.12. The van der Waals surface area contributed by atoms with Crippen molar-refractivity contribution in [3.05, 3.63) is 96.1 Å². The monoisotopic (exact) mass is 370 g/mol. The van der Waals surface area contributed by atoms with Crippen LogP contribution in [0, 0.1) is 6.92 Å². The number of amides is 1. The number of aryl methyl sites for hydroxylation is 1. The zero-order valence-electron chi connectivity index (χ0n) is 14.9. The Kier molecular flexibility index (Phi) is 4.81. The molecule has 27 heavy (non-hydrogen) atoms. The highest BCUT2D eigenvalue weighted by Crippen LogP contribution is 2.35. The number of hydrogen-bond donors (Lipinski definition) is 0. The highest BCUT2D eigenvalue weighted by molar-refractivity contribution is 7.22. The molecule has 0 radical (unpaired) electrons. The number of aromatic nitrogens is 1. The molecule has 0 atom stereocenters. The summed E-state index contributed by atoms with van der Waals surface area (Å²) in [5.74, 6) is -0.118. The van der Waals surface area contributed by atoms with Crippen molar-refractivity contribution < 1.29 is 4.79 Å². The quantitative estimate of drug-likeness (QED) is 0.414. The lowest BCUT2D eigenvalue weighted by Crippen LogP contribution is -2.24. The maximum absolute atomic E-state index is 13.2. The summed E-state index contributed by atoms with van der Waals surface area (Å²) in [7, 11) is 0. The van der Waals surface area contributed by atoms with Crippen LogP contribution in [0.1, 0.15) is 11.1 Å². The van der Waals surface area contributed by atoms with Crippen molar-refractivity contribution in [1.82, 2.24) is 4.98 Å². The summed E-state index contributed by atoms with van der Waals surface area (Å²) < 4.78 is 1.06. The summed E-state index contributed by atoms with van der Waals surface area (Å²) >= 11 is 1.52. The van der Waals surface area contributed by atoms with Crippen LogP contribution < -0.4 is 4.90 Å². The van der Waals surface area contributed by atoms with Gasteiger partial charge < -0.3 is 0 Å².